The monoisotopic (exact) mass is 515 g/mol. The Kier molecular flexibility index (Phi) is 7.08. The summed E-state index contributed by atoms with van der Waals surface area (Å²) in [5, 5.41) is 17.2. The Morgan fingerprint density at radius 3 is 2.26 bits per heavy atom. The molecule has 0 aromatic carbocycles. The Bertz CT molecular complexity index is 757. The highest BCUT2D eigenvalue weighted by Crippen LogP contribution is 2.43. The number of piperidine rings is 2. The zero-order chi connectivity index (χ0) is 25.0. The fraction of sp³-hybridized carbons (Fsp3) is 1.00. The molecular formula is C22H35F6N5O2. The third kappa shape index (κ3) is 4.82. The fourth-order valence-electron chi connectivity index (χ4n) is 6.88. The molecule has 0 spiro atoms. The average Bonchev–Trinajstić information content (AvgIpc) is 3.47. The lowest BCUT2D eigenvalue weighted by molar-refractivity contribution is -0.310. The van der Waals surface area contributed by atoms with Crippen LogP contribution < -0.4 is 21.5 Å². The predicted octanol–water partition coefficient (Wildman–Crippen LogP) is 2.47. The van der Waals surface area contributed by atoms with Gasteiger partial charge < -0.3 is 15.2 Å². The summed E-state index contributed by atoms with van der Waals surface area (Å²) in [4.78, 5) is 1.92. The number of halogens is 6. The highest BCUT2D eigenvalue weighted by atomic mass is 19.4. The first-order valence-corrected chi connectivity index (χ1v) is 12.8. The Balaban J connectivity index is 1.46. The molecule has 8 unspecified atom stereocenters. The number of hydrazine groups is 1. The van der Waals surface area contributed by atoms with E-state index in [0.29, 0.717) is 38.6 Å². The number of hydrogen-bond donors (Lipinski definition) is 5. The van der Waals surface area contributed by atoms with Crippen molar-refractivity contribution in [3.8, 4) is 0 Å². The third-order valence-electron chi connectivity index (χ3n) is 8.72. The summed E-state index contributed by atoms with van der Waals surface area (Å²) < 4.78 is 90.6. The molecule has 5 N–H and O–H groups in total. The highest BCUT2D eigenvalue weighted by molar-refractivity contribution is 5.07. The number of alkyl halides is 6. The van der Waals surface area contributed by atoms with Crippen LogP contribution in [0.2, 0.25) is 0 Å². The van der Waals surface area contributed by atoms with Gasteiger partial charge in [0.05, 0.1) is 12.1 Å². The second-order valence-corrected chi connectivity index (χ2v) is 10.8. The van der Waals surface area contributed by atoms with Crippen molar-refractivity contribution in [1.82, 2.24) is 26.4 Å². The molecule has 0 amide bonds. The van der Waals surface area contributed by atoms with Crippen molar-refractivity contribution in [2.75, 3.05) is 6.54 Å². The van der Waals surface area contributed by atoms with Crippen LogP contribution in [0.15, 0.2) is 0 Å². The summed E-state index contributed by atoms with van der Waals surface area (Å²) in [6.07, 6.45) is -8.19. The minimum absolute atomic E-state index is 0.00366. The summed E-state index contributed by atoms with van der Waals surface area (Å²) in [5.74, 6) is -1.56. The lowest BCUT2D eigenvalue weighted by Gasteiger charge is -2.46. The Labute approximate surface area is 200 Å². The third-order valence-corrected chi connectivity index (χ3v) is 8.72. The van der Waals surface area contributed by atoms with E-state index in [1.54, 1.807) is 0 Å². The van der Waals surface area contributed by atoms with Gasteiger partial charge >= 0.3 is 12.4 Å². The highest BCUT2D eigenvalue weighted by Gasteiger charge is 2.66. The molecule has 5 saturated heterocycles. The topological polar surface area (TPSA) is 80.8 Å². The van der Waals surface area contributed by atoms with Crippen LogP contribution in [0.25, 0.3) is 0 Å². The fourth-order valence-corrected chi connectivity index (χ4v) is 6.88. The van der Waals surface area contributed by atoms with Gasteiger partial charge in [-0.25, -0.2) is 10.9 Å². The molecule has 6 bridgehead atoms. The molecule has 5 heterocycles. The number of fused-ring (bicyclic) bond motifs is 9. The van der Waals surface area contributed by atoms with Crippen LogP contribution in [0, 0.1) is 5.92 Å². The van der Waals surface area contributed by atoms with Gasteiger partial charge in [0, 0.05) is 24.2 Å². The van der Waals surface area contributed by atoms with E-state index in [1.165, 1.54) is 0 Å². The maximum atomic E-state index is 14.3. The van der Waals surface area contributed by atoms with Crippen LogP contribution in [0.1, 0.15) is 64.2 Å². The van der Waals surface area contributed by atoms with Crippen molar-refractivity contribution < 1.29 is 36.2 Å². The van der Waals surface area contributed by atoms with Gasteiger partial charge in [-0.15, -0.1) is 0 Å². The normalized spacial score (nSPS) is 46.0. The maximum Gasteiger partial charge on any atom is 0.422 e. The molecule has 0 aromatic rings. The van der Waals surface area contributed by atoms with Crippen LogP contribution in [0.4, 0.5) is 26.3 Å². The standard InChI is InChI=1S/C22H35F6N5O2/c23-21(24,25)14-9-10-15-18-31-32-19(35-18)20(34,22(26,27)28)16-8-2-5-12(29-16)4-1-6-13-7-3-11-33(13)17(14)30-15/h12-19,29-32,34H,1-11H2/t12?,13-,14?,15?,16?,17?,18?,19?,20?/m0/s1. The zero-order valence-corrected chi connectivity index (χ0v) is 19.5. The van der Waals surface area contributed by atoms with E-state index in [4.69, 9.17) is 4.74 Å². The molecule has 202 valence electrons. The lowest BCUT2D eigenvalue weighted by Crippen LogP contribution is -2.71. The Morgan fingerprint density at radius 2 is 1.54 bits per heavy atom. The van der Waals surface area contributed by atoms with Gasteiger partial charge in [-0.3, -0.25) is 10.2 Å². The van der Waals surface area contributed by atoms with Crippen molar-refractivity contribution in [2.24, 2.45) is 5.92 Å². The zero-order valence-electron chi connectivity index (χ0n) is 19.5. The molecule has 5 fully saturated rings. The summed E-state index contributed by atoms with van der Waals surface area (Å²) in [7, 11) is 0. The second-order valence-electron chi connectivity index (χ2n) is 10.8. The van der Waals surface area contributed by atoms with E-state index in [2.05, 4.69) is 21.5 Å². The summed E-state index contributed by atoms with van der Waals surface area (Å²) in [6.45, 7) is 0.555. The molecule has 5 rings (SSSR count). The van der Waals surface area contributed by atoms with Crippen LogP contribution in [-0.2, 0) is 4.74 Å². The number of nitrogens with one attached hydrogen (secondary N) is 4. The van der Waals surface area contributed by atoms with E-state index in [0.717, 1.165) is 12.8 Å². The molecule has 5 aliphatic rings. The minimum atomic E-state index is -4.98. The molecular weight excluding hydrogens is 480 g/mol. The summed E-state index contributed by atoms with van der Waals surface area (Å²) >= 11 is 0. The van der Waals surface area contributed by atoms with Crippen LogP contribution in [-0.4, -0.2) is 77.3 Å². The number of aliphatic hydroxyl groups is 1. The number of rotatable bonds is 0. The minimum Gasteiger partial charge on any atom is -0.376 e. The smallest absolute Gasteiger partial charge is 0.376 e. The van der Waals surface area contributed by atoms with E-state index >= 15 is 0 Å². The van der Waals surface area contributed by atoms with Gasteiger partial charge in [0.1, 0.15) is 6.23 Å². The van der Waals surface area contributed by atoms with E-state index in [9.17, 15) is 31.4 Å². The van der Waals surface area contributed by atoms with E-state index < -0.39 is 54.6 Å². The Hall–Kier alpha value is -0.700. The van der Waals surface area contributed by atoms with Gasteiger partial charge in [-0.05, 0) is 57.9 Å². The second kappa shape index (κ2) is 9.55. The van der Waals surface area contributed by atoms with Crippen molar-refractivity contribution in [3.05, 3.63) is 0 Å². The molecule has 13 heteroatoms. The summed E-state index contributed by atoms with van der Waals surface area (Å²) in [5.41, 5.74) is 1.96. The van der Waals surface area contributed by atoms with Crippen molar-refractivity contribution >= 4 is 0 Å². The molecule has 7 nitrogen and oxygen atoms in total. The summed E-state index contributed by atoms with van der Waals surface area (Å²) in [6, 6.07) is -2.11. The molecule has 35 heavy (non-hydrogen) atoms. The molecule has 0 saturated carbocycles. The molecule has 5 aliphatic heterocycles. The maximum absolute atomic E-state index is 14.3. The number of ether oxygens (including phenoxy) is 1. The van der Waals surface area contributed by atoms with Gasteiger partial charge in [0.15, 0.2) is 6.23 Å². The van der Waals surface area contributed by atoms with Crippen molar-refractivity contribution in [2.45, 2.75) is 125 Å². The van der Waals surface area contributed by atoms with E-state index in [-0.39, 0.29) is 31.3 Å². The number of nitrogens with zero attached hydrogens (tertiary/aromatic N) is 1. The average molecular weight is 516 g/mol. The van der Waals surface area contributed by atoms with Crippen LogP contribution >= 0.6 is 0 Å². The first-order chi connectivity index (χ1) is 16.5. The van der Waals surface area contributed by atoms with Gasteiger partial charge in [-0.2, -0.15) is 26.3 Å². The number of hydrogen-bond acceptors (Lipinski definition) is 7. The van der Waals surface area contributed by atoms with Crippen LogP contribution in [0.5, 0.6) is 0 Å². The SMILES string of the molecule is OC1(C(F)(F)F)C2CCCC(CCC[C@H]3CCCN3C3NC(CCC3C(F)(F)F)C3NNC1O3)N2. The quantitative estimate of drug-likeness (QED) is 0.317. The molecule has 0 radical (unpaired) electrons. The van der Waals surface area contributed by atoms with Gasteiger partial charge in [-0.1, -0.05) is 12.8 Å². The van der Waals surface area contributed by atoms with Gasteiger partial charge in [0.2, 0.25) is 5.60 Å². The molecule has 9 atom stereocenters. The van der Waals surface area contributed by atoms with Gasteiger partial charge in [0.25, 0.3) is 0 Å². The first-order valence-electron chi connectivity index (χ1n) is 12.8. The Morgan fingerprint density at radius 1 is 0.829 bits per heavy atom. The van der Waals surface area contributed by atoms with Crippen molar-refractivity contribution in [3.63, 3.8) is 0 Å². The van der Waals surface area contributed by atoms with Crippen molar-refractivity contribution in [1.29, 1.82) is 0 Å². The van der Waals surface area contributed by atoms with E-state index in [1.807, 2.05) is 4.90 Å². The van der Waals surface area contributed by atoms with Crippen LogP contribution in [0.3, 0.4) is 0 Å². The lowest BCUT2D eigenvalue weighted by atomic mass is 9.82. The predicted molar refractivity (Wildman–Crippen MR) is 114 cm³/mol. The molecule has 0 aliphatic carbocycles. The molecule has 0 aromatic heterocycles. The first kappa shape index (κ1) is 25.9. The largest absolute Gasteiger partial charge is 0.422 e.